The zero-order chi connectivity index (χ0) is 14.5. The van der Waals surface area contributed by atoms with Gasteiger partial charge in [-0.1, -0.05) is 48.0 Å². The largest absolute Gasteiger partial charge is 0.294 e. The molecule has 104 valence electrons. The van der Waals surface area contributed by atoms with Crippen LogP contribution < -0.4 is 0 Å². The van der Waals surface area contributed by atoms with E-state index in [0.717, 1.165) is 22.6 Å². The lowest BCUT2D eigenvalue weighted by Gasteiger charge is -2.34. The SMILES string of the molecule is Cc1nn(-c2ccccc2)c2c1C(=O)CC(C)(C)[C@H]2Br. The van der Waals surface area contributed by atoms with Gasteiger partial charge in [-0.25, -0.2) is 4.68 Å². The number of fused-ring (bicyclic) bond motifs is 1. The van der Waals surface area contributed by atoms with Gasteiger partial charge in [0, 0.05) is 6.42 Å². The smallest absolute Gasteiger partial charge is 0.167 e. The van der Waals surface area contributed by atoms with Crippen LogP contribution in [0.5, 0.6) is 0 Å². The molecule has 0 fully saturated rings. The molecule has 0 bridgehead atoms. The molecule has 0 saturated carbocycles. The first kappa shape index (κ1) is 13.6. The zero-order valence-electron chi connectivity index (χ0n) is 11.9. The third kappa shape index (κ3) is 1.94. The third-order valence-electron chi connectivity index (χ3n) is 3.92. The minimum absolute atomic E-state index is 0.108. The summed E-state index contributed by atoms with van der Waals surface area (Å²) in [6, 6.07) is 9.97. The molecule has 0 unspecified atom stereocenters. The lowest BCUT2D eigenvalue weighted by molar-refractivity contribution is 0.0909. The number of rotatable bonds is 1. The number of halogens is 1. The average molecular weight is 333 g/mol. The van der Waals surface area contributed by atoms with Crippen molar-refractivity contribution in [3.63, 3.8) is 0 Å². The summed E-state index contributed by atoms with van der Waals surface area (Å²) >= 11 is 3.78. The molecule has 1 aromatic heterocycles. The Balaban J connectivity index is 2.26. The first-order valence-electron chi connectivity index (χ1n) is 6.74. The van der Waals surface area contributed by atoms with Crippen LogP contribution in [0.25, 0.3) is 5.69 Å². The van der Waals surface area contributed by atoms with Crippen LogP contribution in [-0.4, -0.2) is 15.6 Å². The van der Waals surface area contributed by atoms with Gasteiger partial charge < -0.3 is 0 Å². The molecule has 1 aliphatic carbocycles. The predicted molar refractivity (Wildman–Crippen MR) is 82.7 cm³/mol. The molecule has 4 heteroatoms. The fourth-order valence-electron chi connectivity index (χ4n) is 2.85. The molecule has 1 heterocycles. The molecule has 1 atom stereocenters. The van der Waals surface area contributed by atoms with Crippen LogP contribution in [0, 0.1) is 12.3 Å². The minimum Gasteiger partial charge on any atom is -0.294 e. The standard InChI is InChI=1S/C16H17BrN2O/c1-10-13-12(20)9-16(2,3)15(17)14(13)19(18-10)11-7-5-4-6-8-11/h4-8,15H,9H2,1-3H3/t15-/m0/s1. The molecule has 20 heavy (non-hydrogen) atoms. The third-order valence-corrected chi connectivity index (χ3v) is 5.59. The Bertz CT molecular complexity index is 673. The van der Waals surface area contributed by atoms with Crippen molar-refractivity contribution in [1.82, 2.24) is 9.78 Å². The minimum atomic E-state index is -0.108. The molecule has 3 rings (SSSR count). The van der Waals surface area contributed by atoms with Gasteiger partial charge in [-0.15, -0.1) is 0 Å². The number of Topliss-reactive ketones (excluding diaryl/α,β-unsaturated/α-hetero) is 1. The lowest BCUT2D eigenvalue weighted by Crippen LogP contribution is -2.30. The van der Waals surface area contributed by atoms with Crippen molar-refractivity contribution in [3.05, 3.63) is 47.3 Å². The van der Waals surface area contributed by atoms with Crippen molar-refractivity contribution < 1.29 is 4.79 Å². The molecule has 0 saturated heterocycles. The first-order chi connectivity index (χ1) is 9.42. The van der Waals surface area contributed by atoms with Gasteiger partial charge in [0.15, 0.2) is 5.78 Å². The number of para-hydroxylation sites is 1. The van der Waals surface area contributed by atoms with Crippen molar-refractivity contribution >= 4 is 21.7 Å². The number of hydrogen-bond acceptors (Lipinski definition) is 2. The summed E-state index contributed by atoms with van der Waals surface area (Å²) in [4.78, 5) is 12.6. The van der Waals surface area contributed by atoms with E-state index in [1.807, 2.05) is 41.9 Å². The van der Waals surface area contributed by atoms with E-state index >= 15 is 0 Å². The van der Waals surface area contributed by atoms with E-state index < -0.39 is 0 Å². The highest BCUT2D eigenvalue weighted by molar-refractivity contribution is 9.09. The van der Waals surface area contributed by atoms with Gasteiger partial charge in [-0.05, 0) is 24.5 Å². The second kappa shape index (κ2) is 4.55. The van der Waals surface area contributed by atoms with Gasteiger partial charge in [0.2, 0.25) is 0 Å². The summed E-state index contributed by atoms with van der Waals surface area (Å²) in [5.74, 6) is 0.195. The highest BCUT2D eigenvalue weighted by Gasteiger charge is 2.42. The number of hydrogen-bond donors (Lipinski definition) is 0. The molecular weight excluding hydrogens is 316 g/mol. The maximum atomic E-state index is 12.4. The topological polar surface area (TPSA) is 34.9 Å². The molecule has 1 aliphatic rings. The number of alkyl halides is 1. The molecule has 0 aliphatic heterocycles. The average Bonchev–Trinajstić information content (AvgIpc) is 2.75. The summed E-state index contributed by atoms with van der Waals surface area (Å²) in [5, 5.41) is 4.59. The normalized spacial score (nSPS) is 20.8. The highest BCUT2D eigenvalue weighted by Crippen LogP contribution is 2.49. The van der Waals surface area contributed by atoms with E-state index in [2.05, 4.69) is 34.9 Å². The number of aryl methyl sites for hydroxylation is 1. The molecule has 3 nitrogen and oxygen atoms in total. The Morgan fingerprint density at radius 1 is 1.30 bits per heavy atom. The fraction of sp³-hybridized carbons (Fsp3) is 0.375. The van der Waals surface area contributed by atoms with Crippen molar-refractivity contribution in [2.45, 2.75) is 32.0 Å². The number of carbonyl (C=O) groups is 1. The number of ketones is 1. The van der Waals surface area contributed by atoms with E-state index in [4.69, 9.17) is 0 Å². The van der Waals surface area contributed by atoms with Crippen LogP contribution in [-0.2, 0) is 0 Å². The van der Waals surface area contributed by atoms with Gasteiger partial charge in [0.05, 0.1) is 27.5 Å². The molecule has 0 spiro atoms. The summed E-state index contributed by atoms with van der Waals surface area (Å²) in [7, 11) is 0. The van der Waals surface area contributed by atoms with Gasteiger partial charge >= 0.3 is 0 Å². The van der Waals surface area contributed by atoms with Crippen LogP contribution >= 0.6 is 15.9 Å². The quantitative estimate of drug-likeness (QED) is 0.732. The lowest BCUT2D eigenvalue weighted by atomic mass is 9.75. The van der Waals surface area contributed by atoms with Gasteiger partial charge in [0.25, 0.3) is 0 Å². The van der Waals surface area contributed by atoms with Crippen LogP contribution in [0.4, 0.5) is 0 Å². The highest BCUT2D eigenvalue weighted by atomic mass is 79.9. The van der Waals surface area contributed by atoms with E-state index in [0.29, 0.717) is 6.42 Å². The van der Waals surface area contributed by atoms with Crippen molar-refractivity contribution in [1.29, 1.82) is 0 Å². The maximum Gasteiger partial charge on any atom is 0.167 e. The van der Waals surface area contributed by atoms with E-state index in [9.17, 15) is 4.79 Å². The molecule has 0 N–H and O–H groups in total. The Morgan fingerprint density at radius 3 is 2.60 bits per heavy atom. The predicted octanol–water partition coefficient (Wildman–Crippen LogP) is 4.23. The summed E-state index contributed by atoms with van der Waals surface area (Å²) in [6.45, 7) is 6.14. The number of aromatic nitrogens is 2. The number of carbonyl (C=O) groups excluding carboxylic acids is 1. The Labute approximate surface area is 127 Å². The van der Waals surface area contributed by atoms with Crippen LogP contribution in [0.2, 0.25) is 0 Å². The van der Waals surface area contributed by atoms with Crippen LogP contribution in [0.1, 0.15) is 46.8 Å². The summed E-state index contributed by atoms with van der Waals surface area (Å²) < 4.78 is 1.91. The van der Waals surface area contributed by atoms with E-state index in [-0.39, 0.29) is 16.0 Å². The van der Waals surface area contributed by atoms with E-state index in [1.54, 1.807) is 0 Å². The Kier molecular flexibility index (Phi) is 3.09. The van der Waals surface area contributed by atoms with Gasteiger partial charge in [0.1, 0.15) is 0 Å². The second-order valence-corrected chi connectivity index (χ2v) is 6.96. The molecular formula is C16H17BrN2O. The van der Waals surface area contributed by atoms with Crippen molar-refractivity contribution in [3.8, 4) is 5.69 Å². The Morgan fingerprint density at radius 2 is 1.95 bits per heavy atom. The van der Waals surface area contributed by atoms with Crippen molar-refractivity contribution in [2.24, 2.45) is 5.41 Å². The number of nitrogens with zero attached hydrogens (tertiary/aromatic N) is 2. The molecule has 2 aromatic rings. The van der Waals surface area contributed by atoms with E-state index in [1.165, 1.54) is 0 Å². The monoisotopic (exact) mass is 332 g/mol. The summed E-state index contributed by atoms with van der Waals surface area (Å²) in [6.07, 6.45) is 0.553. The van der Waals surface area contributed by atoms with Gasteiger partial charge in [-0.2, -0.15) is 5.10 Å². The molecule has 0 amide bonds. The molecule has 0 radical (unpaired) electrons. The number of benzene rings is 1. The first-order valence-corrected chi connectivity index (χ1v) is 7.65. The second-order valence-electron chi connectivity index (χ2n) is 6.04. The summed E-state index contributed by atoms with van der Waals surface area (Å²) in [5.41, 5.74) is 3.47. The maximum absolute atomic E-state index is 12.4. The van der Waals surface area contributed by atoms with Crippen LogP contribution in [0.15, 0.2) is 30.3 Å². The fourth-order valence-corrected chi connectivity index (χ4v) is 3.44. The van der Waals surface area contributed by atoms with Gasteiger partial charge in [-0.3, -0.25) is 4.79 Å². The zero-order valence-corrected chi connectivity index (χ0v) is 13.4. The Hall–Kier alpha value is -1.42. The molecule has 1 aromatic carbocycles. The van der Waals surface area contributed by atoms with Crippen LogP contribution in [0.3, 0.4) is 0 Å². The van der Waals surface area contributed by atoms with Crippen molar-refractivity contribution in [2.75, 3.05) is 0 Å².